The summed E-state index contributed by atoms with van der Waals surface area (Å²) in [4.78, 5) is 15.2. The lowest BCUT2D eigenvalue weighted by molar-refractivity contribution is 0.108. The van der Waals surface area contributed by atoms with Gasteiger partial charge in [-0.3, -0.25) is 9.78 Å². The van der Waals surface area contributed by atoms with E-state index in [9.17, 15) is 4.79 Å². The zero-order valence-electron chi connectivity index (χ0n) is 7.00. The van der Waals surface area contributed by atoms with Crippen molar-refractivity contribution < 1.29 is 4.79 Å². The minimum absolute atomic E-state index is 0.436. The van der Waals surface area contributed by atoms with Crippen LogP contribution in [-0.2, 0) is 0 Å². The third kappa shape index (κ3) is 1.53. The summed E-state index contributed by atoms with van der Waals surface area (Å²) in [6.07, 6.45) is 1.63. The number of halogens is 2. The first kappa shape index (κ1) is 9.62. The molecule has 1 heterocycles. The van der Waals surface area contributed by atoms with E-state index in [0.29, 0.717) is 11.1 Å². The molecule has 0 amide bonds. The Morgan fingerprint density at radius 2 is 2.14 bits per heavy atom. The van der Waals surface area contributed by atoms with Gasteiger partial charge in [-0.15, -0.1) is 0 Å². The van der Waals surface area contributed by atoms with Crippen LogP contribution in [0, 0.1) is 0 Å². The number of pyridine rings is 1. The van der Waals surface area contributed by atoms with Crippen LogP contribution in [0.4, 0.5) is 0 Å². The van der Waals surface area contributed by atoms with Crippen molar-refractivity contribution in [2.45, 2.75) is 0 Å². The molecule has 0 atom stereocenters. The second-order valence-electron chi connectivity index (χ2n) is 2.77. The highest BCUT2D eigenvalue weighted by Gasteiger charge is 2.09. The molecule has 1 aromatic carbocycles. The van der Waals surface area contributed by atoms with Crippen molar-refractivity contribution >= 4 is 43.7 Å². The van der Waals surface area contributed by atoms with Gasteiger partial charge in [-0.05, 0) is 23.7 Å². The van der Waals surface area contributed by atoms with Gasteiger partial charge in [-0.1, -0.05) is 28.1 Å². The van der Waals surface area contributed by atoms with Crippen molar-refractivity contribution in [1.82, 2.24) is 4.98 Å². The molecule has 0 aliphatic heterocycles. The SMILES string of the molecule is O=C(Cl)c1cccc2c(Br)ccnc12. The predicted molar refractivity (Wildman–Crippen MR) is 59.6 cm³/mol. The van der Waals surface area contributed by atoms with E-state index in [-0.39, 0.29) is 0 Å². The van der Waals surface area contributed by atoms with Crippen LogP contribution in [0.2, 0.25) is 0 Å². The Labute approximate surface area is 94.0 Å². The highest BCUT2D eigenvalue weighted by atomic mass is 79.9. The van der Waals surface area contributed by atoms with Gasteiger partial charge in [0.15, 0.2) is 0 Å². The summed E-state index contributed by atoms with van der Waals surface area (Å²) < 4.78 is 0.905. The highest BCUT2D eigenvalue weighted by molar-refractivity contribution is 9.10. The first-order valence-corrected chi connectivity index (χ1v) is 5.10. The summed E-state index contributed by atoms with van der Waals surface area (Å²) >= 11 is 8.83. The van der Waals surface area contributed by atoms with E-state index < -0.39 is 5.24 Å². The Hall–Kier alpha value is -0.930. The molecule has 0 unspecified atom stereocenters. The lowest BCUT2D eigenvalue weighted by Gasteiger charge is -2.02. The second-order valence-corrected chi connectivity index (χ2v) is 3.97. The normalized spacial score (nSPS) is 10.4. The molecular formula is C10H5BrClNO. The number of hydrogen-bond donors (Lipinski definition) is 0. The largest absolute Gasteiger partial charge is 0.276 e. The van der Waals surface area contributed by atoms with E-state index in [4.69, 9.17) is 11.6 Å². The van der Waals surface area contributed by atoms with Crippen molar-refractivity contribution in [2.24, 2.45) is 0 Å². The van der Waals surface area contributed by atoms with E-state index in [1.807, 2.05) is 12.1 Å². The Balaban J connectivity index is 2.88. The third-order valence-corrected chi connectivity index (χ3v) is 2.82. The van der Waals surface area contributed by atoms with Crippen molar-refractivity contribution in [1.29, 1.82) is 0 Å². The molecule has 70 valence electrons. The molecule has 0 aliphatic carbocycles. The van der Waals surface area contributed by atoms with E-state index in [1.54, 1.807) is 18.3 Å². The van der Waals surface area contributed by atoms with Gasteiger partial charge in [-0.2, -0.15) is 0 Å². The number of carbonyl (C=O) groups is 1. The molecule has 2 aromatic rings. The van der Waals surface area contributed by atoms with Gasteiger partial charge in [-0.25, -0.2) is 0 Å². The molecule has 0 aliphatic rings. The fourth-order valence-corrected chi connectivity index (χ4v) is 1.89. The lowest BCUT2D eigenvalue weighted by atomic mass is 10.1. The first-order chi connectivity index (χ1) is 6.70. The summed E-state index contributed by atoms with van der Waals surface area (Å²) in [6.45, 7) is 0. The molecule has 0 spiro atoms. The highest BCUT2D eigenvalue weighted by Crippen LogP contribution is 2.24. The van der Waals surface area contributed by atoms with E-state index in [1.165, 1.54) is 0 Å². The molecule has 0 N–H and O–H groups in total. The molecule has 0 radical (unpaired) electrons. The maximum absolute atomic E-state index is 11.1. The van der Waals surface area contributed by atoms with Crippen LogP contribution < -0.4 is 0 Å². The molecule has 0 bridgehead atoms. The minimum atomic E-state index is -0.485. The Morgan fingerprint density at radius 1 is 1.36 bits per heavy atom. The zero-order valence-corrected chi connectivity index (χ0v) is 9.34. The average molecular weight is 271 g/mol. The molecule has 4 heteroatoms. The van der Waals surface area contributed by atoms with Crippen LogP contribution in [0.5, 0.6) is 0 Å². The number of benzene rings is 1. The second kappa shape index (κ2) is 3.67. The fraction of sp³-hybridized carbons (Fsp3) is 0. The van der Waals surface area contributed by atoms with Crippen molar-refractivity contribution in [3.05, 3.63) is 40.5 Å². The van der Waals surface area contributed by atoms with E-state index >= 15 is 0 Å². The van der Waals surface area contributed by atoms with Crippen molar-refractivity contribution in [3.63, 3.8) is 0 Å². The molecular weight excluding hydrogens is 265 g/mol. The van der Waals surface area contributed by atoms with Gasteiger partial charge in [0.1, 0.15) is 0 Å². The Kier molecular flexibility index (Phi) is 2.52. The molecule has 14 heavy (non-hydrogen) atoms. The smallest absolute Gasteiger partial charge is 0.254 e. The Morgan fingerprint density at radius 3 is 2.86 bits per heavy atom. The van der Waals surface area contributed by atoms with Crippen LogP contribution in [-0.4, -0.2) is 10.2 Å². The summed E-state index contributed by atoms with van der Waals surface area (Å²) in [5, 5.41) is 0.403. The minimum Gasteiger partial charge on any atom is -0.276 e. The van der Waals surface area contributed by atoms with Crippen LogP contribution in [0.1, 0.15) is 10.4 Å². The van der Waals surface area contributed by atoms with Gasteiger partial charge in [0.25, 0.3) is 5.24 Å². The molecule has 0 saturated heterocycles. The average Bonchev–Trinajstić information content (AvgIpc) is 2.17. The standard InChI is InChI=1S/C10H5BrClNO/c11-8-4-5-13-9-6(8)2-1-3-7(9)10(12)14/h1-5H. The summed E-state index contributed by atoms with van der Waals surface area (Å²) in [7, 11) is 0. The number of para-hydroxylation sites is 1. The molecule has 1 aromatic heterocycles. The number of nitrogens with zero attached hydrogens (tertiary/aromatic N) is 1. The fourth-order valence-electron chi connectivity index (χ4n) is 1.30. The zero-order chi connectivity index (χ0) is 10.1. The van der Waals surface area contributed by atoms with Gasteiger partial charge < -0.3 is 0 Å². The van der Waals surface area contributed by atoms with E-state index in [0.717, 1.165) is 9.86 Å². The summed E-state index contributed by atoms with van der Waals surface area (Å²) in [5.74, 6) is 0. The maximum atomic E-state index is 11.1. The van der Waals surface area contributed by atoms with Gasteiger partial charge >= 0.3 is 0 Å². The number of rotatable bonds is 1. The van der Waals surface area contributed by atoms with Gasteiger partial charge in [0.05, 0.1) is 11.1 Å². The maximum Gasteiger partial charge on any atom is 0.254 e. The quantitative estimate of drug-likeness (QED) is 0.744. The summed E-state index contributed by atoms with van der Waals surface area (Å²) in [5.41, 5.74) is 1.06. The van der Waals surface area contributed by atoms with Crippen LogP contribution >= 0.6 is 27.5 Å². The number of carbonyl (C=O) groups excluding carboxylic acids is 1. The number of fused-ring (bicyclic) bond motifs is 1. The van der Waals surface area contributed by atoms with E-state index in [2.05, 4.69) is 20.9 Å². The van der Waals surface area contributed by atoms with Crippen molar-refractivity contribution in [2.75, 3.05) is 0 Å². The number of aromatic nitrogens is 1. The molecule has 2 nitrogen and oxygen atoms in total. The monoisotopic (exact) mass is 269 g/mol. The van der Waals surface area contributed by atoms with Crippen LogP contribution in [0.3, 0.4) is 0 Å². The summed E-state index contributed by atoms with van der Waals surface area (Å²) in [6, 6.07) is 7.15. The van der Waals surface area contributed by atoms with Crippen LogP contribution in [0.15, 0.2) is 34.9 Å². The molecule has 0 saturated carbocycles. The predicted octanol–water partition coefficient (Wildman–Crippen LogP) is 3.38. The topological polar surface area (TPSA) is 30.0 Å². The third-order valence-electron chi connectivity index (χ3n) is 1.93. The van der Waals surface area contributed by atoms with Gasteiger partial charge in [0.2, 0.25) is 0 Å². The Bertz CT molecular complexity index is 512. The first-order valence-electron chi connectivity index (χ1n) is 3.93. The van der Waals surface area contributed by atoms with Crippen molar-refractivity contribution in [3.8, 4) is 0 Å². The molecule has 2 rings (SSSR count). The van der Waals surface area contributed by atoms with Gasteiger partial charge in [0, 0.05) is 16.1 Å². The van der Waals surface area contributed by atoms with Crippen LogP contribution in [0.25, 0.3) is 10.9 Å². The molecule has 0 fully saturated rings. The lowest BCUT2D eigenvalue weighted by Crippen LogP contribution is -1.92. The number of hydrogen-bond acceptors (Lipinski definition) is 2.